The van der Waals surface area contributed by atoms with Gasteiger partial charge in [0.15, 0.2) is 5.11 Å². The van der Waals surface area contributed by atoms with Crippen LogP contribution in [0.3, 0.4) is 0 Å². The van der Waals surface area contributed by atoms with Crippen LogP contribution < -0.4 is 10.6 Å². The number of rotatable bonds is 3. The highest BCUT2D eigenvalue weighted by molar-refractivity contribution is 9.10. The first-order valence-electron chi connectivity index (χ1n) is 5.66. The van der Waals surface area contributed by atoms with Gasteiger partial charge in [0.2, 0.25) is 0 Å². The minimum Gasteiger partial charge on any atom is -0.358 e. The van der Waals surface area contributed by atoms with Crippen molar-refractivity contribution >= 4 is 62.1 Å². The van der Waals surface area contributed by atoms with E-state index in [1.165, 1.54) is 0 Å². The highest BCUT2D eigenvalue weighted by Crippen LogP contribution is 2.29. The summed E-state index contributed by atoms with van der Waals surface area (Å²) in [4.78, 5) is 4.14. The quantitative estimate of drug-likeness (QED) is 0.591. The molecule has 0 bridgehead atoms. The van der Waals surface area contributed by atoms with E-state index >= 15 is 0 Å². The van der Waals surface area contributed by atoms with E-state index in [4.69, 9.17) is 35.4 Å². The highest BCUT2D eigenvalue weighted by Gasteiger charge is 2.06. The van der Waals surface area contributed by atoms with E-state index in [-0.39, 0.29) is 0 Å². The molecular weight excluding hydrogens is 381 g/mol. The van der Waals surface area contributed by atoms with Gasteiger partial charge < -0.3 is 10.6 Å². The monoisotopic (exact) mass is 389 g/mol. The lowest BCUT2D eigenvalue weighted by atomic mass is 10.3. The zero-order valence-corrected chi connectivity index (χ0v) is 14.1. The second-order valence-electron chi connectivity index (χ2n) is 3.86. The average Bonchev–Trinajstić information content (AvgIpc) is 2.43. The number of hydrogen-bond donors (Lipinski definition) is 2. The fourth-order valence-electron chi connectivity index (χ4n) is 1.49. The highest BCUT2D eigenvalue weighted by atomic mass is 79.9. The lowest BCUT2D eigenvalue weighted by molar-refractivity contribution is 0.907. The van der Waals surface area contributed by atoms with Gasteiger partial charge in [0.05, 0.1) is 15.7 Å². The van der Waals surface area contributed by atoms with Crippen LogP contribution in [0.1, 0.15) is 5.56 Å². The second kappa shape index (κ2) is 7.22. The summed E-state index contributed by atoms with van der Waals surface area (Å²) in [7, 11) is 0. The maximum atomic E-state index is 6.08. The Kier molecular flexibility index (Phi) is 5.60. The van der Waals surface area contributed by atoms with E-state index in [1.807, 2.05) is 18.2 Å². The Balaban J connectivity index is 1.96. The summed E-state index contributed by atoms with van der Waals surface area (Å²) in [5.74, 6) is 0. The van der Waals surface area contributed by atoms with Gasteiger partial charge in [0.25, 0.3) is 0 Å². The van der Waals surface area contributed by atoms with Crippen molar-refractivity contribution in [3.63, 3.8) is 0 Å². The van der Waals surface area contributed by atoms with Crippen LogP contribution in [0.25, 0.3) is 0 Å². The molecule has 0 aliphatic carbocycles. The molecule has 0 atom stereocenters. The van der Waals surface area contributed by atoms with Crippen molar-refractivity contribution in [1.82, 2.24) is 10.3 Å². The van der Waals surface area contributed by atoms with E-state index < -0.39 is 0 Å². The second-order valence-corrected chi connectivity index (χ2v) is 5.81. The van der Waals surface area contributed by atoms with Crippen molar-refractivity contribution in [2.45, 2.75) is 6.54 Å². The number of halogens is 3. The van der Waals surface area contributed by atoms with Crippen molar-refractivity contribution in [2.24, 2.45) is 0 Å². The normalized spacial score (nSPS) is 10.2. The number of benzene rings is 1. The Hall–Kier alpha value is -0.880. The number of nitrogens with zero attached hydrogens (tertiary/aromatic N) is 1. The van der Waals surface area contributed by atoms with Gasteiger partial charge in [-0.2, -0.15) is 0 Å². The molecule has 104 valence electrons. The van der Waals surface area contributed by atoms with E-state index in [0.29, 0.717) is 27.4 Å². The standard InChI is InChI=1S/C13H10BrCl2N3S/c14-12-8(3-2-6-17-12)7-18-13(20)19-10-5-1-4-9(15)11(10)16/h1-6H,7H2,(H2,18,19,20). The zero-order chi connectivity index (χ0) is 14.5. The Morgan fingerprint density at radius 3 is 2.80 bits per heavy atom. The third kappa shape index (κ3) is 4.06. The van der Waals surface area contributed by atoms with Gasteiger partial charge in [0, 0.05) is 18.3 Å². The molecule has 0 spiro atoms. The van der Waals surface area contributed by atoms with Gasteiger partial charge in [-0.15, -0.1) is 0 Å². The van der Waals surface area contributed by atoms with Gasteiger partial charge in [-0.25, -0.2) is 4.98 Å². The first-order chi connectivity index (χ1) is 9.58. The first-order valence-corrected chi connectivity index (χ1v) is 7.62. The van der Waals surface area contributed by atoms with Gasteiger partial charge in [-0.1, -0.05) is 35.3 Å². The Morgan fingerprint density at radius 1 is 1.25 bits per heavy atom. The number of thiocarbonyl (C=S) groups is 1. The molecule has 2 rings (SSSR count). The summed E-state index contributed by atoms with van der Waals surface area (Å²) in [5.41, 5.74) is 1.68. The third-order valence-electron chi connectivity index (χ3n) is 2.48. The maximum Gasteiger partial charge on any atom is 0.171 e. The molecule has 0 aliphatic rings. The summed E-state index contributed by atoms with van der Waals surface area (Å²) >= 11 is 20.6. The Bertz CT molecular complexity index is 637. The predicted molar refractivity (Wildman–Crippen MR) is 91.5 cm³/mol. The maximum absolute atomic E-state index is 6.08. The molecule has 1 aromatic heterocycles. The zero-order valence-electron chi connectivity index (χ0n) is 10.2. The number of anilines is 1. The van der Waals surface area contributed by atoms with E-state index in [1.54, 1.807) is 18.3 Å². The van der Waals surface area contributed by atoms with Gasteiger partial charge in [0.1, 0.15) is 4.60 Å². The SMILES string of the molecule is S=C(NCc1cccnc1Br)Nc1cccc(Cl)c1Cl. The molecule has 0 unspecified atom stereocenters. The van der Waals surface area contributed by atoms with Crippen LogP contribution in [0.5, 0.6) is 0 Å². The molecule has 7 heteroatoms. The molecule has 0 saturated carbocycles. The molecule has 2 N–H and O–H groups in total. The molecule has 3 nitrogen and oxygen atoms in total. The van der Waals surface area contributed by atoms with Crippen molar-refractivity contribution < 1.29 is 0 Å². The predicted octanol–water partition coefficient (Wildman–Crippen LogP) is 4.64. The molecular formula is C13H10BrCl2N3S. The van der Waals surface area contributed by atoms with Gasteiger partial charge in [-0.3, -0.25) is 0 Å². The van der Waals surface area contributed by atoms with Crippen LogP contribution in [0.2, 0.25) is 10.0 Å². The van der Waals surface area contributed by atoms with E-state index in [0.717, 1.165) is 10.2 Å². The molecule has 2 aromatic rings. The van der Waals surface area contributed by atoms with Crippen LogP contribution in [0.4, 0.5) is 5.69 Å². The Morgan fingerprint density at radius 2 is 2.05 bits per heavy atom. The van der Waals surface area contributed by atoms with Gasteiger partial charge in [-0.05, 0) is 46.3 Å². The van der Waals surface area contributed by atoms with E-state index in [2.05, 4.69) is 31.5 Å². The van der Waals surface area contributed by atoms with E-state index in [9.17, 15) is 0 Å². The molecule has 20 heavy (non-hydrogen) atoms. The minimum absolute atomic E-state index is 0.445. The lowest BCUT2D eigenvalue weighted by Crippen LogP contribution is -2.28. The first kappa shape index (κ1) is 15.5. The van der Waals surface area contributed by atoms with Crippen LogP contribution in [-0.2, 0) is 6.54 Å². The minimum atomic E-state index is 0.445. The smallest absolute Gasteiger partial charge is 0.171 e. The molecule has 1 heterocycles. The van der Waals surface area contributed by atoms with Crippen molar-refractivity contribution in [3.8, 4) is 0 Å². The lowest BCUT2D eigenvalue weighted by Gasteiger charge is -2.12. The van der Waals surface area contributed by atoms with Crippen molar-refractivity contribution in [2.75, 3.05) is 5.32 Å². The number of aromatic nitrogens is 1. The van der Waals surface area contributed by atoms with Crippen molar-refractivity contribution in [3.05, 3.63) is 56.7 Å². The van der Waals surface area contributed by atoms with Gasteiger partial charge >= 0.3 is 0 Å². The molecule has 1 aromatic carbocycles. The summed E-state index contributed by atoms with van der Waals surface area (Å²) in [6.07, 6.45) is 1.72. The summed E-state index contributed by atoms with van der Waals surface area (Å²) in [6.45, 7) is 0.554. The fraction of sp³-hybridized carbons (Fsp3) is 0.0769. The number of nitrogens with one attached hydrogen (secondary N) is 2. The Labute approximate surface area is 140 Å². The van der Waals surface area contributed by atoms with Crippen molar-refractivity contribution in [1.29, 1.82) is 0 Å². The fourth-order valence-corrected chi connectivity index (χ4v) is 2.41. The molecule has 0 aliphatic heterocycles. The molecule has 0 amide bonds. The van der Waals surface area contributed by atoms with Crippen LogP contribution in [0.15, 0.2) is 41.1 Å². The summed E-state index contributed by atoms with van der Waals surface area (Å²) < 4.78 is 0.788. The number of hydrogen-bond acceptors (Lipinski definition) is 2. The molecule has 0 radical (unpaired) electrons. The number of pyridine rings is 1. The largest absolute Gasteiger partial charge is 0.358 e. The topological polar surface area (TPSA) is 37.0 Å². The summed E-state index contributed by atoms with van der Waals surface area (Å²) in [5, 5.41) is 7.48. The third-order valence-corrected chi connectivity index (χ3v) is 4.25. The average molecular weight is 391 g/mol. The molecule has 0 saturated heterocycles. The molecule has 0 fully saturated rings. The van der Waals surface area contributed by atoms with Crippen LogP contribution in [0, 0.1) is 0 Å². The summed E-state index contributed by atoms with van der Waals surface area (Å²) in [6, 6.07) is 9.16. The van der Waals surface area contributed by atoms with Crippen LogP contribution >= 0.6 is 51.3 Å². The van der Waals surface area contributed by atoms with Crippen LogP contribution in [-0.4, -0.2) is 10.1 Å².